The Labute approximate surface area is 166 Å². The number of hydrogen-bond acceptors (Lipinski definition) is 8. The van der Waals surface area contributed by atoms with Gasteiger partial charge in [-0.1, -0.05) is 29.8 Å². The molecular weight excluding hydrogens is 358 g/mol. The second-order valence-corrected chi connectivity index (χ2v) is 7.19. The molecule has 0 unspecified atom stereocenters. The molecule has 1 heterocycles. The van der Waals surface area contributed by atoms with Crippen molar-refractivity contribution in [3.63, 3.8) is 0 Å². The van der Waals surface area contributed by atoms with Gasteiger partial charge in [0.25, 0.3) is 0 Å². The van der Waals surface area contributed by atoms with E-state index >= 15 is 0 Å². The molecule has 0 bridgehead atoms. The average Bonchev–Trinajstić information content (AvgIpc) is 2.64. The molecule has 1 aromatic carbocycles. The molecule has 0 saturated heterocycles. The number of aliphatic hydroxyl groups is 1. The second-order valence-electron chi connectivity index (χ2n) is 7.19. The number of ether oxygens (including phenoxy) is 2. The first kappa shape index (κ1) is 21.6. The largest absolute Gasteiger partial charge is 0.460 e. The number of methoxy groups -OCH3 is 1. The van der Waals surface area contributed by atoms with E-state index in [4.69, 9.17) is 9.47 Å². The molecule has 0 amide bonds. The lowest BCUT2D eigenvalue weighted by Crippen LogP contribution is -2.29. The number of hydrazone groups is 1. The number of likely N-dealkylation sites (N-methyl/N-ethyl adjacent to an activating group) is 1. The Morgan fingerprint density at radius 3 is 2.75 bits per heavy atom. The van der Waals surface area contributed by atoms with Gasteiger partial charge in [0.15, 0.2) is 5.82 Å². The molecule has 8 nitrogen and oxygen atoms in total. The van der Waals surface area contributed by atoms with Gasteiger partial charge in [-0.05, 0) is 26.3 Å². The summed E-state index contributed by atoms with van der Waals surface area (Å²) in [5.74, 6) is 1.15. The Kier molecular flexibility index (Phi) is 7.71. The van der Waals surface area contributed by atoms with Gasteiger partial charge in [-0.15, -0.1) is 0 Å². The topological polar surface area (TPSA) is 92.1 Å². The van der Waals surface area contributed by atoms with E-state index < -0.39 is 5.60 Å². The molecule has 0 saturated carbocycles. The summed E-state index contributed by atoms with van der Waals surface area (Å²) in [4.78, 5) is 10.7. The maximum atomic E-state index is 9.89. The van der Waals surface area contributed by atoms with Crippen molar-refractivity contribution in [2.45, 2.75) is 26.4 Å². The van der Waals surface area contributed by atoms with Crippen molar-refractivity contribution in [1.29, 1.82) is 0 Å². The number of aromatic nitrogens is 2. The van der Waals surface area contributed by atoms with Crippen molar-refractivity contribution in [1.82, 2.24) is 9.97 Å². The highest BCUT2D eigenvalue weighted by Crippen LogP contribution is 2.19. The Morgan fingerprint density at radius 2 is 2.07 bits per heavy atom. The fraction of sp³-hybridized carbons (Fsp3) is 0.450. The molecule has 0 aliphatic heterocycles. The van der Waals surface area contributed by atoms with E-state index in [1.807, 2.05) is 43.1 Å². The Bertz CT molecular complexity index is 790. The molecule has 0 spiro atoms. The Balaban J connectivity index is 2.17. The van der Waals surface area contributed by atoms with Crippen LogP contribution in [0, 0.1) is 6.92 Å². The maximum absolute atomic E-state index is 9.89. The van der Waals surface area contributed by atoms with Gasteiger partial charge < -0.3 is 19.5 Å². The summed E-state index contributed by atoms with van der Waals surface area (Å²) >= 11 is 0. The zero-order valence-electron chi connectivity index (χ0n) is 17.1. The number of hydrogen-bond donors (Lipinski definition) is 2. The summed E-state index contributed by atoms with van der Waals surface area (Å²) in [7, 11) is 3.56. The zero-order chi connectivity index (χ0) is 20.6. The predicted octanol–water partition coefficient (Wildman–Crippen LogP) is 2.46. The van der Waals surface area contributed by atoms with Crippen molar-refractivity contribution in [3.8, 4) is 6.01 Å². The minimum Gasteiger partial charge on any atom is -0.460 e. The first-order valence-corrected chi connectivity index (χ1v) is 9.07. The zero-order valence-corrected chi connectivity index (χ0v) is 17.1. The van der Waals surface area contributed by atoms with Crippen LogP contribution in [0.1, 0.15) is 25.0 Å². The van der Waals surface area contributed by atoms with Crippen molar-refractivity contribution < 1.29 is 14.6 Å². The second kappa shape index (κ2) is 10.0. The lowest BCUT2D eigenvalue weighted by molar-refractivity contribution is 0.0251. The summed E-state index contributed by atoms with van der Waals surface area (Å²) in [5.41, 5.74) is 4.08. The van der Waals surface area contributed by atoms with Gasteiger partial charge in [0.2, 0.25) is 0 Å². The molecule has 152 valence electrons. The number of rotatable bonds is 10. The minimum atomic E-state index is -0.988. The van der Waals surface area contributed by atoms with Gasteiger partial charge in [0.1, 0.15) is 12.4 Å². The predicted molar refractivity (Wildman–Crippen MR) is 111 cm³/mol. The first-order chi connectivity index (χ1) is 13.3. The smallest absolute Gasteiger partial charge is 0.320 e. The summed E-state index contributed by atoms with van der Waals surface area (Å²) in [6.45, 7) is 6.65. The highest BCUT2D eigenvalue weighted by Gasteiger charge is 2.16. The highest BCUT2D eigenvalue weighted by molar-refractivity contribution is 5.80. The van der Waals surface area contributed by atoms with Crippen molar-refractivity contribution in [3.05, 3.63) is 41.5 Å². The van der Waals surface area contributed by atoms with Crippen LogP contribution >= 0.6 is 0 Å². The van der Waals surface area contributed by atoms with E-state index in [1.165, 1.54) is 0 Å². The van der Waals surface area contributed by atoms with Crippen LogP contribution < -0.4 is 15.1 Å². The van der Waals surface area contributed by atoms with E-state index in [9.17, 15) is 5.11 Å². The Hall–Kier alpha value is -2.71. The summed E-state index contributed by atoms with van der Waals surface area (Å²) in [5, 5.41) is 14.1. The minimum absolute atomic E-state index is 0.0736. The molecule has 0 aliphatic carbocycles. The average molecular weight is 387 g/mol. The van der Waals surface area contributed by atoms with Crippen LogP contribution in [0.4, 0.5) is 11.6 Å². The lowest BCUT2D eigenvalue weighted by atomic mass is 10.2. The van der Waals surface area contributed by atoms with E-state index in [2.05, 4.69) is 20.5 Å². The van der Waals surface area contributed by atoms with Crippen molar-refractivity contribution in [2.24, 2.45) is 5.10 Å². The van der Waals surface area contributed by atoms with Gasteiger partial charge in [0.05, 0.1) is 18.4 Å². The van der Waals surface area contributed by atoms with Gasteiger partial charge in [-0.3, -0.25) is 5.43 Å². The van der Waals surface area contributed by atoms with Gasteiger partial charge in [-0.25, -0.2) is 0 Å². The lowest BCUT2D eigenvalue weighted by Gasteiger charge is -2.20. The standard InChI is InChI=1S/C20H29N5O3/c1-15-7-6-8-16(11-15)13-21-24-17-12-18(25(4)9-10-27-5)23-19(22-17)28-14-20(2,3)26/h6-8,11-13,26H,9-10,14H2,1-5H3,(H,22,23,24)/b21-13+. The summed E-state index contributed by atoms with van der Waals surface area (Å²) in [6.07, 6.45) is 1.72. The number of anilines is 2. The summed E-state index contributed by atoms with van der Waals surface area (Å²) < 4.78 is 10.7. The third-order valence-corrected chi connectivity index (χ3v) is 3.70. The van der Waals surface area contributed by atoms with Gasteiger partial charge >= 0.3 is 6.01 Å². The molecule has 28 heavy (non-hydrogen) atoms. The van der Waals surface area contributed by atoms with Gasteiger partial charge in [-0.2, -0.15) is 15.1 Å². The van der Waals surface area contributed by atoms with Crippen LogP contribution in [-0.2, 0) is 4.74 Å². The van der Waals surface area contributed by atoms with E-state index in [-0.39, 0.29) is 12.6 Å². The third kappa shape index (κ3) is 7.50. The fourth-order valence-electron chi connectivity index (χ4n) is 2.24. The molecule has 8 heteroatoms. The SMILES string of the molecule is COCCN(C)c1cc(N/N=C/c2cccc(C)c2)nc(OCC(C)(C)O)n1. The summed E-state index contributed by atoms with van der Waals surface area (Å²) in [6, 6.07) is 9.96. The molecule has 0 aliphatic rings. The molecule has 2 aromatic rings. The normalized spacial score (nSPS) is 11.6. The van der Waals surface area contributed by atoms with Crippen LogP contribution in [0.3, 0.4) is 0 Å². The molecule has 0 radical (unpaired) electrons. The first-order valence-electron chi connectivity index (χ1n) is 9.07. The number of benzene rings is 1. The van der Waals surface area contributed by atoms with Crippen LogP contribution in [-0.4, -0.2) is 60.8 Å². The number of aryl methyl sites for hydroxylation is 1. The van der Waals surface area contributed by atoms with Crippen molar-refractivity contribution >= 4 is 17.9 Å². The van der Waals surface area contributed by atoms with E-state index in [0.717, 1.165) is 11.1 Å². The molecule has 1 aromatic heterocycles. The quantitative estimate of drug-likeness (QED) is 0.478. The molecule has 2 rings (SSSR count). The van der Waals surface area contributed by atoms with Gasteiger partial charge in [0, 0.05) is 26.8 Å². The van der Waals surface area contributed by atoms with Crippen molar-refractivity contribution in [2.75, 3.05) is 44.2 Å². The van der Waals surface area contributed by atoms with Crippen LogP contribution in [0.25, 0.3) is 0 Å². The number of nitrogens with one attached hydrogen (secondary N) is 1. The molecule has 2 N–H and O–H groups in total. The number of nitrogens with zero attached hydrogens (tertiary/aromatic N) is 4. The third-order valence-electron chi connectivity index (χ3n) is 3.70. The van der Waals surface area contributed by atoms with Crippen LogP contribution in [0.2, 0.25) is 0 Å². The van der Waals surface area contributed by atoms with E-state index in [0.29, 0.717) is 24.8 Å². The molecule has 0 fully saturated rings. The molecular formula is C20H29N5O3. The maximum Gasteiger partial charge on any atom is 0.320 e. The highest BCUT2D eigenvalue weighted by atomic mass is 16.5. The molecule has 0 atom stereocenters. The van der Waals surface area contributed by atoms with Crippen LogP contribution in [0.5, 0.6) is 6.01 Å². The van der Waals surface area contributed by atoms with E-state index in [1.54, 1.807) is 33.2 Å². The monoisotopic (exact) mass is 387 g/mol. The Morgan fingerprint density at radius 1 is 1.29 bits per heavy atom. The van der Waals surface area contributed by atoms with Crippen LogP contribution in [0.15, 0.2) is 35.4 Å². The fourth-order valence-corrected chi connectivity index (χ4v) is 2.24.